The van der Waals surface area contributed by atoms with E-state index in [2.05, 4.69) is 4.98 Å². The average molecular weight is 201 g/mol. The molecule has 2 aromatic rings. The van der Waals surface area contributed by atoms with E-state index in [0.29, 0.717) is 6.42 Å². The first-order chi connectivity index (χ1) is 7.13. The Kier molecular flexibility index (Phi) is 2.45. The van der Waals surface area contributed by atoms with E-state index in [4.69, 9.17) is 0 Å². The van der Waals surface area contributed by atoms with E-state index in [-0.39, 0.29) is 0 Å². The van der Waals surface area contributed by atoms with Crippen LogP contribution in [0, 0.1) is 0 Å². The van der Waals surface area contributed by atoms with E-state index in [1.807, 2.05) is 44.2 Å². The molecule has 0 bridgehead atoms. The minimum Gasteiger partial charge on any atom is -0.385 e. The summed E-state index contributed by atoms with van der Waals surface area (Å²) in [6.07, 6.45) is 2.48. The zero-order chi connectivity index (χ0) is 10.9. The number of nitrogens with zero attached hydrogens (tertiary/aromatic N) is 1. The summed E-state index contributed by atoms with van der Waals surface area (Å²) < 4.78 is 0. The number of aliphatic hydroxyl groups is 1. The standard InChI is InChI=1S/C13H15NO/c1-3-13(2,15)11-6-7-12-10(9-11)5-4-8-14-12/h4-9,15H,3H2,1-2H3. The van der Waals surface area contributed by atoms with Gasteiger partial charge in [-0.3, -0.25) is 4.98 Å². The summed E-state index contributed by atoms with van der Waals surface area (Å²) in [5.74, 6) is 0. The van der Waals surface area contributed by atoms with Gasteiger partial charge < -0.3 is 5.11 Å². The molecule has 0 aliphatic rings. The lowest BCUT2D eigenvalue weighted by Gasteiger charge is -2.22. The Balaban J connectivity index is 2.56. The molecule has 2 nitrogen and oxygen atoms in total. The van der Waals surface area contributed by atoms with Gasteiger partial charge in [-0.15, -0.1) is 0 Å². The number of pyridine rings is 1. The van der Waals surface area contributed by atoms with Crippen molar-refractivity contribution in [3.63, 3.8) is 0 Å². The van der Waals surface area contributed by atoms with Gasteiger partial charge in [0.25, 0.3) is 0 Å². The van der Waals surface area contributed by atoms with Crippen LogP contribution in [0.25, 0.3) is 10.9 Å². The van der Waals surface area contributed by atoms with Gasteiger partial charge >= 0.3 is 0 Å². The number of aromatic nitrogens is 1. The number of hydrogen-bond donors (Lipinski definition) is 1. The van der Waals surface area contributed by atoms with Crippen molar-refractivity contribution in [2.24, 2.45) is 0 Å². The third-order valence-corrected chi connectivity index (χ3v) is 2.91. The van der Waals surface area contributed by atoms with Crippen LogP contribution in [0.4, 0.5) is 0 Å². The first-order valence-electron chi connectivity index (χ1n) is 5.21. The van der Waals surface area contributed by atoms with Gasteiger partial charge in [-0.05, 0) is 37.1 Å². The van der Waals surface area contributed by atoms with Gasteiger partial charge in [0, 0.05) is 11.6 Å². The Hall–Kier alpha value is -1.41. The Labute approximate surface area is 89.6 Å². The minimum atomic E-state index is -0.746. The van der Waals surface area contributed by atoms with Gasteiger partial charge in [-0.1, -0.05) is 19.1 Å². The fourth-order valence-electron chi connectivity index (χ4n) is 1.61. The maximum Gasteiger partial charge on any atom is 0.0866 e. The molecule has 1 unspecified atom stereocenters. The van der Waals surface area contributed by atoms with Crippen LogP contribution in [0.2, 0.25) is 0 Å². The summed E-state index contributed by atoms with van der Waals surface area (Å²) in [6.45, 7) is 3.82. The van der Waals surface area contributed by atoms with Crippen LogP contribution in [0.3, 0.4) is 0 Å². The molecule has 15 heavy (non-hydrogen) atoms. The molecule has 2 heteroatoms. The molecule has 78 valence electrons. The smallest absolute Gasteiger partial charge is 0.0866 e. The van der Waals surface area contributed by atoms with E-state index in [1.165, 1.54) is 0 Å². The lowest BCUT2D eigenvalue weighted by atomic mass is 9.92. The third kappa shape index (κ3) is 1.85. The van der Waals surface area contributed by atoms with Gasteiger partial charge in [-0.25, -0.2) is 0 Å². The average Bonchev–Trinajstić information content (AvgIpc) is 2.28. The molecule has 1 atom stereocenters. The molecule has 1 heterocycles. The first-order valence-corrected chi connectivity index (χ1v) is 5.21. The predicted molar refractivity (Wildman–Crippen MR) is 61.6 cm³/mol. The number of hydrogen-bond acceptors (Lipinski definition) is 2. The lowest BCUT2D eigenvalue weighted by Crippen LogP contribution is -2.19. The van der Waals surface area contributed by atoms with Crippen molar-refractivity contribution in [1.29, 1.82) is 0 Å². The normalized spacial score (nSPS) is 15.1. The molecule has 0 aliphatic heterocycles. The first kappa shape index (κ1) is 10.1. The van der Waals surface area contributed by atoms with Gasteiger partial charge in [0.05, 0.1) is 11.1 Å². The number of fused-ring (bicyclic) bond motifs is 1. The number of benzene rings is 1. The van der Waals surface area contributed by atoms with Crippen LogP contribution in [0.1, 0.15) is 25.8 Å². The maximum absolute atomic E-state index is 10.1. The van der Waals surface area contributed by atoms with Gasteiger partial charge in [0.1, 0.15) is 0 Å². The largest absolute Gasteiger partial charge is 0.385 e. The van der Waals surface area contributed by atoms with Crippen LogP contribution >= 0.6 is 0 Å². The number of rotatable bonds is 2. The van der Waals surface area contributed by atoms with Gasteiger partial charge in [-0.2, -0.15) is 0 Å². The van der Waals surface area contributed by atoms with Crippen molar-refractivity contribution >= 4 is 10.9 Å². The molecule has 0 spiro atoms. The van der Waals surface area contributed by atoms with Crippen LogP contribution in [-0.2, 0) is 5.60 Å². The second-order valence-corrected chi connectivity index (χ2v) is 4.04. The van der Waals surface area contributed by atoms with Gasteiger partial charge in [0.15, 0.2) is 0 Å². The van der Waals surface area contributed by atoms with Crippen molar-refractivity contribution in [2.75, 3.05) is 0 Å². The summed E-state index contributed by atoms with van der Waals surface area (Å²) in [6, 6.07) is 9.82. The molecular weight excluding hydrogens is 186 g/mol. The molecule has 0 saturated carbocycles. The molecule has 2 rings (SSSR count). The lowest BCUT2D eigenvalue weighted by molar-refractivity contribution is 0.0532. The van der Waals surface area contributed by atoms with Crippen molar-refractivity contribution in [3.05, 3.63) is 42.1 Å². The molecule has 1 N–H and O–H groups in total. The maximum atomic E-state index is 10.1. The molecule has 0 amide bonds. The fourth-order valence-corrected chi connectivity index (χ4v) is 1.61. The highest BCUT2D eigenvalue weighted by molar-refractivity contribution is 5.79. The summed E-state index contributed by atoms with van der Waals surface area (Å²) in [5, 5.41) is 11.2. The Morgan fingerprint density at radius 1 is 1.33 bits per heavy atom. The molecular formula is C13H15NO. The Morgan fingerprint density at radius 2 is 2.13 bits per heavy atom. The molecule has 0 fully saturated rings. The summed E-state index contributed by atoms with van der Waals surface area (Å²) in [7, 11) is 0. The van der Waals surface area contributed by atoms with Gasteiger partial charge in [0.2, 0.25) is 0 Å². The van der Waals surface area contributed by atoms with Crippen molar-refractivity contribution < 1.29 is 5.11 Å². The van der Waals surface area contributed by atoms with Crippen LogP contribution < -0.4 is 0 Å². The highest BCUT2D eigenvalue weighted by Gasteiger charge is 2.20. The zero-order valence-corrected chi connectivity index (χ0v) is 9.07. The summed E-state index contributed by atoms with van der Waals surface area (Å²) in [5.41, 5.74) is 1.17. The monoisotopic (exact) mass is 201 g/mol. The molecule has 1 aromatic carbocycles. The summed E-state index contributed by atoms with van der Waals surface area (Å²) in [4.78, 5) is 4.25. The SMILES string of the molecule is CCC(C)(O)c1ccc2ncccc2c1. The van der Waals surface area contributed by atoms with Crippen LogP contribution in [0.15, 0.2) is 36.5 Å². The van der Waals surface area contributed by atoms with Crippen LogP contribution in [0.5, 0.6) is 0 Å². The van der Waals surface area contributed by atoms with E-state index in [0.717, 1.165) is 16.5 Å². The second kappa shape index (κ2) is 3.63. The highest BCUT2D eigenvalue weighted by atomic mass is 16.3. The zero-order valence-electron chi connectivity index (χ0n) is 9.07. The fraction of sp³-hybridized carbons (Fsp3) is 0.308. The van der Waals surface area contributed by atoms with E-state index < -0.39 is 5.60 Å². The van der Waals surface area contributed by atoms with Crippen molar-refractivity contribution in [2.45, 2.75) is 25.9 Å². The molecule has 0 saturated heterocycles. The molecule has 1 aromatic heterocycles. The topological polar surface area (TPSA) is 33.1 Å². The highest BCUT2D eigenvalue weighted by Crippen LogP contribution is 2.26. The Morgan fingerprint density at radius 3 is 2.87 bits per heavy atom. The van der Waals surface area contributed by atoms with E-state index >= 15 is 0 Å². The van der Waals surface area contributed by atoms with E-state index in [1.54, 1.807) is 6.20 Å². The minimum absolute atomic E-state index is 0.707. The second-order valence-electron chi connectivity index (χ2n) is 4.04. The third-order valence-electron chi connectivity index (χ3n) is 2.91. The van der Waals surface area contributed by atoms with Crippen molar-refractivity contribution in [1.82, 2.24) is 4.98 Å². The predicted octanol–water partition coefficient (Wildman–Crippen LogP) is 2.85. The van der Waals surface area contributed by atoms with Crippen molar-refractivity contribution in [3.8, 4) is 0 Å². The Bertz CT molecular complexity index is 477. The summed E-state index contributed by atoms with van der Waals surface area (Å²) >= 11 is 0. The van der Waals surface area contributed by atoms with Crippen LogP contribution in [-0.4, -0.2) is 10.1 Å². The quantitative estimate of drug-likeness (QED) is 0.810. The molecule has 0 radical (unpaired) electrons. The van der Waals surface area contributed by atoms with E-state index in [9.17, 15) is 5.11 Å². The molecule has 0 aliphatic carbocycles.